The molecule has 5 nitrogen and oxygen atoms in total. The Morgan fingerprint density at radius 1 is 1.22 bits per heavy atom. The Labute approximate surface area is 179 Å². The van der Waals surface area contributed by atoms with Gasteiger partial charge in [0.25, 0.3) is 0 Å². The fourth-order valence-electron chi connectivity index (χ4n) is 4.67. The second-order valence-electron chi connectivity index (χ2n) is 7.79. The number of carbonyl (C=O) groups excluding carboxylic acids is 1. The van der Waals surface area contributed by atoms with Gasteiger partial charge in [-0.05, 0) is 31.6 Å². The average molecular weight is 435 g/mol. The van der Waals surface area contributed by atoms with Gasteiger partial charge < -0.3 is 10.2 Å². The number of nitrogens with zero attached hydrogens (tertiary/aromatic N) is 3. The number of aromatic nitrogens is 1. The number of hydrogen-bond acceptors (Lipinski definition) is 5. The molecule has 154 valence electrons. The highest BCUT2D eigenvalue weighted by atomic mass is 35.5. The lowest BCUT2D eigenvalue weighted by Gasteiger charge is -2.35. The van der Waals surface area contributed by atoms with E-state index >= 15 is 0 Å². The molecule has 8 heteroatoms. The zero-order valence-corrected chi connectivity index (χ0v) is 18.5. The summed E-state index contributed by atoms with van der Waals surface area (Å²) in [5.41, 5.74) is 1.18. The summed E-state index contributed by atoms with van der Waals surface area (Å²) >= 11 is 1.76. The first-order valence-corrected chi connectivity index (χ1v) is 10.8. The molecule has 3 fully saturated rings. The second kappa shape index (κ2) is 10.4. The van der Waals surface area contributed by atoms with Gasteiger partial charge in [0.1, 0.15) is 0 Å². The van der Waals surface area contributed by atoms with Crippen molar-refractivity contribution in [3.63, 3.8) is 0 Å². The van der Waals surface area contributed by atoms with Crippen LogP contribution in [0.5, 0.6) is 0 Å². The number of carbonyl (C=O) groups is 1. The zero-order valence-electron chi connectivity index (χ0n) is 16.1. The van der Waals surface area contributed by atoms with Gasteiger partial charge in [-0.3, -0.25) is 9.69 Å². The van der Waals surface area contributed by atoms with Crippen molar-refractivity contribution < 1.29 is 4.79 Å². The molecule has 3 heterocycles. The number of hydrogen-bond donors (Lipinski definition) is 1. The third-order valence-electron chi connectivity index (χ3n) is 6.13. The van der Waals surface area contributed by atoms with Crippen LogP contribution in [0.15, 0.2) is 5.38 Å². The van der Waals surface area contributed by atoms with Crippen LogP contribution in [0.2, 0.25) is 0 Å². The number of nitrogens with one attached hydrogen (secondary N) is 1. The fourth-order valence-corrected chi connectivity index (χ4v) is 5.41. The molecule has 3 atom stereocenters. The van der Waals surface area contributed by atoms with Crippen molar-refractivity contribution in [2.24, 2.45) is 5.92 Å². The molecule has 2 aliphatic heterocycles. The number of rotatable bonds is 4. The summed E-state index contributed by atoms with van der Waals surface area (Å²) < 4.78 is 0. The van der Waals surface area contributed by atoms with Crippen LogP contribution in [-0.2, 0) is 17.8 Å². The molecule has 27 heavy (non-hydrogen) atoms. The van der Waals surface area contributed by atoms with Crippen LogP contribution in [-0.4, -0.2) is 59.0 Å². The van der Waals surface area contributed by atoms with Crippen LogP contribution in [0.1, 0.15) is 49.7 Å². The normalized spacial score (nSPS) is 28.2. The summed E-state index contributed by atoms with van der Waals surface area (Å²) in [5, 5.41) is 7.04. The number of halogens is 2. The SMILES string of the molecule is CCc1nc(CN2CCN(C(=O)C3CC4CCCCC4N3)CC2)cs1.Cl.Cl. The van der Waals surface area contributed by atoms with E-state index in [1.54, 1.807) is 11.3 Å². The Balaban J connectivity index is 0.00000131. The van der Waals surface area contributed by atoms with Gasteiger partial charge in [-0.1, -0.05) is 19.8 Å². The minimum Gasteiger partial charge on any atom is -0.339 e. The lowest BCUT2D eigenvalue weighted by molar-refractivity contribution is -0.135. The van der Waals surface area contributed by atoms with Crippen molar-refractivity contribution in [3.05, 3.63) is 16.1 Å². The molecule has 1 N–H and O–H groups in total. The highest BCUT2D eigenvalue weighted by Gasteiger charge is 2.40. The highest BCUT2D eigenvalue weighted by Crippen LogP contribution is 2.33. The number of thiazole rings is 1. The van der Waals surface area contributed by atoms with E-state index in [1.165, 1.54) is 36.4 Å². The average Bonchev–Trinajstić information content (AvgIpc) is 3.28. The largest absolute Gasteiger partial charge is 0.339 e. The fraction of sp³-hybridized carbons (Fsp3) is 0.789. The van der Waals surface area contributed by atoms with Crippen molar-refractivity contribution in [3.8, 4) is 0 Å². The molecule has 1 aromatic rings. The summed E-state index contributed by atoms with van der Waals surface area (Å²) in [5.74, 6) is 1.08. The van der Waals surface area contributed by atoms with Gasteiger partial charge in [0.15, 0.2) is 0 Å². The van der Waals surface area contributed by atoms with E-state index < -0.39 is 0 Å². The van der Waals surface area contributed by atoms with Crippen molar-refractivity contribution in [2.75, 3.05) is 26.2 Å². The van der Waals surface area contributed by atoms with Gasteiger partial charge in [0.05, 0.1) is 16.7 Å². The van der Waals surface area contributed by atoms with Crippen molar-refractivity contribution in [1.29, 1.82) is 0 Å². The Hall–Kier alpha value is -0.400. The number of fused-ring (bicyclic) bond motifs is 1. The highest BCUT2D eigenvalue weighted by molar-refractivity contribution is 7.09. The summed E-state index contributed by atoms with van der Waals surface area (Å²) in [7, 11) is 0. The molecule has 4 rings (SSSR count). The lowest BCUT2D eigenvalue weighted by Crippen LogP contribution is -2.53. The molecule has 2 saturated heterocycles. The molecule has 1 amide bonds. The van der Waals surface area contributed by atoms with E-state index in [4.69, 9.17) is 0 Å². The Kier molecular flexibility index (Phi) is 8.81. The number of aryl methyl sites for hydroxylation is 1. The van der Waals surface area contributed by atoms with Crippen LogP contribution >= 0.6 is 36.2 Å². The summed E-state index contributed by atoms with van der Waals surface area (Å²) in [6.45, 7) is 6.72. The minimum absolute atomic E-state index is 0. The Morgan fingerprint density at radius 3 is 2.63 bits per heavy atom. The van der Waals surface area contributed by atoms with Gasteiger partial charge in [0.2, 0.25) is 5.91 Å². The van der Waals surface area contributed by atoms with Gasteiger partial charge in [0, 0.05) is 44.1 Å². The third kappa shape index (κ3) is 5.36. The molecule has 0 radical (unpaired) electrons. The summed E-state index contributed by atoms with van der Waals surface area (Å²) in [4.78, 5) is 22.1. The summed E-state index contributed by atoms with van der Waals surface area (Å²) in [6, 6.07) is 0.673. The lowest BCUT2D eigenvalue weighted by atomic mass is 9.85. The first kappa shape index (κ1) is 22.9. The van der Waals surface area contributed by atoms with Crippen LogP contribution < -0.4 is 5.32 Å². The standard InChI is InChI=1S/C19H30N4OS.2ClH/c1-2-18-20-15(13-25-18)12-22-7-9-23(10-8-22)19(24)17-11-14-5-3-4-6-16(14)21-17;;/h13-14,16-17,21H,2-12H2,1H3;2*1H. The molecule has 3 aliphatic rings. The van der Waals surface area contributed by atoms with E-state index in [0.29, 0.717) is 11.9 Å². The van der Waals surface area contributed by atoms with Gasteiger partial charge in [-0.2, -0.15) is 0 Å². The van der Waals surface area contributed by atoms with E-state index in [0.717, 1.165) is 51.5 Å². The number of piperazine rings is 1. The predicted molar refractivity (Wildman–Crippen MR) is 115 cm³/mol. The molecule has 1 aromatic heterocycles. The quantitative estimate of drug-likeness (QED) is 0.790. The monoisotopic (exact) mass is 434 g/mol. The van der Waals surface area contributed by atoms with Gasteiger partial charge in [-0.25, -0.2) is 4.98 Å². The second-order valence-corrected chi connectivity index (χ2v) is 8.74. The first-order valence-electron chi connectivity index (χ1n) is 9.93. The van der Waals surface area contributed by atoms with Crippen LogP contribution in [0, 0.1) is 5.92 Å². The Bertz CT molecular complexity index is 592. The maximum absolute atomic E-state index is 12.9. The molecule has 1 aliphatic carbocycles. The van der Waals surface area contributed by atoms with Gasteiger partial charge in [-0.15, -0.1) is 36.2 Å². The van der Waals surface area contributed by atoms with E-state index in [-0.39, 0.29) is 30.9 Å². The topological polar surface area (TPSA) is 48.5 Å². The van der Waals surface area contributed by atoms with E-state index in [2.05, 4.69) is 32.4 Å². The van der Waals surface area contributed by atoms with Crippen LogP contribution in [0.3, 0.4) is 0 Å². The minimum atomic E-state index is 0. The first-order chi connectivity index (χ1) is 12.2. The number of amides is 1. The third-order valence-corrected chi connectivity index (χ3v) is 7.17. The van der Waals surface area contributed by atoms with Crippen molar-refractivity contribution >= 4 is 42.1 Å². The predicted octanol–water partition coefficient (Wildman–Crippen LogP) is 3.11. The molecular weight excluding hydrogens is 403 g/mol. The smallest absolute Gasteiger partial charge is 0.239 e. The molecule has 1 saturated carbocycles. The molecular formula is C19H32Cl2N4OS. The van der Waals surface area contributed by atoms with Crippen LogP contribution in [0.4, 0.5) is 0 Å². The van der Waals surface area contributed by atoms with Crippen molar-refractivity contribution in [1.82, 2.24) is 20.1 Å². The van der Waals surface area contributed by atoms with E-state index in [9.17, 15) is 4.79 Å². The molecule has 0 spiro atoms. The summed E-state index contributed by atoms with van der Waals surface area (Å²) in [6.07, 6.45) is 7.31. The maximum atomic E-state index is 12.9. The zero-order chi connectivity index (χ0) is 17.2. The van der Waals surface area contributed by atoms with E-state index in [1.807, 2.05) is 0 Å². The molecule has 0 bridgehead atoms. The van der Waals surface area contributed by atoms with Gasteiger partial charge >= 0.3 is 0 Å². The molecule has 3 unspecified atom stereocenters. The Morgan fingerprint density at radius 2 is 1.96 bits per heavy atom. The van der Waals surface area contributed by atoms with Crippen molar-refractivity contribution in [2.45, 2.75) is 64.1 Å². The van der Waals surface area contributed by atoms with Crippen LogP contribution in [0.25, 0.3) is 0 Å². The molecule has 0 aromatic carbocycles. The maximum Gasteiger partial charge on any atom is 0.239 e.